The zero-order valence-electron chi connectivity index (χ0n) is 12.9. The fourth-order valence-electron chi connectivity index (χ4n) is 2.64. The highest BCUT2D eigenvalue weighted by molar-refractivity contribution is 7.23. The number of halogens is 3. The first kappa shape index (κ1) is 21.7. The minimum absolute atomic E-state index is 0. The molecule has 24 heavy (non-hydrogen) atoms. The van der Waals surface area contributed by atoms with E-state index in [1.807, 2.05) is 17.5 Å². The van der Waals surface area contributed by atoms with Crippen LogP contribution in [0.2, 0.25) is 4.34 Å². The second-order valence-electron chi connectivity index (χ2n) is 5.60. The van der Waals surface area contributed by atoms with E-state index in [0.29, 0.717) is 12.5 Å². The standard InChI is InChI=1S/C15H18ClN3OS2.2ClH/c16-13-6-5-12(22-13)15-19-11(8-21-15)7-14(20)18-10-3-1-9(17)2-4-10;;/h5-6,8-10H,1-4,7,17H2,(H,18,20);2*1H. The van der Waals surface area contributed by atoms with Gasteiger partial charge in [0, 0.05) is 17.5 Å². The Morgan fingerprint density at radius 3 is 2.62 bits per heavy atom. The van der Waals surface area contributed by atoms with Crippen LogP contribution in [0.25, 0.3) is 9.88 Å². The average Bonchev–Trinajstić information content (AvgIpc) is 3.10. The van der Waals surface area contributed by atoms with Crippen LogP contribution >= 0.6 is 59.1 Å². The van der Waals surface area contributed by atoms with E-state index in [4.69, 9.17) is 17.3 Å². The molecule has 134 valence electrons. The molecule has 4 nitrogen and oxygen atoms in total. The quantitative estimate of drug-likeness (QED) is 0.763. The van der Waals surface area contributed by atoms with Crippen molar-refractivity contribution in [3.05, 3.63) is 27.5 Å². The molecule has 1 fully saturated rings. The summed E-state index contributed by atoms with van der Waals surface area (Å²) >= 11 is 8.99. The number of nitrogens with two attached hydrogens (primary N) is 1. The average molecular weight is 429 g/mol. The van der Waals surface area contributed by atoms with Gasteiger partial charge < -0.3 is 11.1 Å². The highest BCUT2D eigenvalue weighted by Crippen LogP contribution is 2.33. The van der Waals surface area contributed by atoms with Crippen LogP contribution in [0.5, 0.6) is 0 Å². The molecule has 0 bridgehead atoms. The van der Waals surface area contributed by atoms with Crippen LogP contribution in [-0.2, 0) is 11.2 Å². The van der Waals surface area contributed by atoms with Crippen molar-refractivity contribution in [1.29, 1.82) is 0 Å². The number of aromatic nitrogens is 1. The molecule has 1 aliphatic carbocycles. The summed E-state index contributed by atoms with van der Waals surface area (Å²) < 4.78 is 0.750. The number of thiophene rings is 1. The Morgan fingerprint density at radius 1 is 1.29 bits per heavy atom. The molecule has 0 spiro atoms. The molecule has 0 aliphatic heterocycles. The Balaban J connectivity index is 0.00000144. The van der Waals surface area contributed by atoms with Gasteiger partial charge in [0.15, 0.2) is 0 Å². The molecule has 2 aromatic rings. The van der Waals surface area contributed by atoms with Crippen molar-refractivity contribution in [3.63, 3.8) is 0 Å². The predicted octanol–water partition coefficient (Wildman–Crippen LogP) is 4.30. The van der Waals surface area contributed by atoms with Gasteiger partial charge in [0.1, 0.15) is 5.01 Å². The van der Waals surface area contributed by atoms with Gasteiger partial charge in [0.2, 0.25) is 5.91 Å². The summed E-state index contributed by atoms with van der Waals surface area (Å²) in [5.41, 5.74) is 6.70. The molecule has 3 N–H and O–H groups in total. The maximum Gasteiger partial charge on any atom is 0.226 e. The SMILES string of the molecule is Cl.Cl.NC1CCC(NC(=O)Cc2csc(-c3ccc(Cl)s3)n2)CC1. The van der Waals surface area contributed by atoms with E-state index < -0.39 is 0 Å². The molecule has 0 saturated heterocycles. The monoisotopic (exact) mass is 427 g/mol. The number of nitrogens with zero attached hydrogens (tertiary/aromatic N) is 1. The van der Waals surface area contributed by atoms with Crippen molar-refractivity contribution in [3.8, 4) is 9.88 Å². The van der Waals surface area contributed by atoms with Crippen molar-refractivity contribution in [1.82, 2.24) is 10.3 Å². The van der Waals surface area contributed by atoms with Gasteiger partial charge in [0.05, 0.1) is 21.3 Å². The van der Waals surface area contributed by atoms with E-state index in [1.54, 1.807) is 11.3 Å². The fourth-order valence-corrected chi connectivity index (χ4v) is 4.57. The molecule has 0 atom stereocenters. The first-order valence-corrected chi connectivity index (χ1v) is 9.42. The van der Waals surface area contributed by atoms with Crippen molar-refractivity contribution < 1.29 is 4.79 Å². The topological polar surface area (TPSA) is 68.0 Å². The molecule has 2 heterocycles. The minimum atomic E-state index is 0. The molecule has 2 aromatic heterocycles. The molecule has 0 radical (unpaired) electrons. The number of carbonyl (C=O) groups excluding carboxylic acids is 1. The van der Waals surface area contributed by atoms with Crippen LogP contribution in [0.1, 0.15) is 31.4 Å². The minimum Gasteiger partial charge on any atom is -0.353 e. The van der Waals surface area contributed by atoms with Gasteiger partial charge in [-0.3, -0.25) is 4.79 Å². The van der Waals surface area contributed by atoms with Crippen LogP contribution in [0.15, 0.2) is 17.5 Å². The summed E-state index contributed by atoms with van der Waals surface area (Å²) in [4.78, 5) is 17.7. The zero-order valence-corrected chi connectivity index (χ0v) is 16.9. The summed E-state index contributed by atoms with van der Waals surface area (Å²) in [5, 5.41) is 5.96. The zero-order chi connectivity index (χ0) is 15.5. The number of rotatable bonds is 4. The lowest BCUT2D eigenvalue weighted by Crippen LogP contribution is -2.41. The van der Waals surface area contributed by atoms with Crippen LogP contribution in [-0.4, -0.2) is 23.0 Å². The van der Waals surface area contributed by atoms with Gasteiger partial charge in [-0.1, -0.05) is 11.6 Å². The van der Waals surface area contributed by atoms with Crippen molar-refractivity contribution in [2.45, 2.75) is 44.2 Å². The Labute approximate surface area is 167 Å². The summed E-state index contributed by atoms with van der Waals surface area (Å²) in [6.45, 7) is 0. The van der Waals surface area contributed by atoms with Crippen molar-refractivity contribution >= 4 is 65.0 Å². The van der Waals surface area contributed by atoms with Gasteiger partial charge in [-0.2, -0.15) is 0 Å². The Bertz CT molecular complexity index is 654. The highest BCUT2D eigenvalue weighted by atomic mass is 35.5. The first-order valence-electron chi connectivity index (χ1n) is 7.35. The first-order chi connectivity index (χ1) is 10.6. The molecule has 0 aromatic carbocycles. The third kappa shape index (κ3) is 5.86. The number of amides is 1. The van der Waals surface area contributed by atoms with Crippen LogP contribution < -0.4 is 11.1 Å². The Kier molecular flexibility index (Phi) is 8.98. The van der Waals surface area contributed by atoms with E-state index >= 15 is 0 Å². The lowest BCUT2D eigenvalue weighted by molar-refractivity contribution is -0.121. The van der Waals surface area contributed by atoms with Gasteiger partial charge in [0.25, 0.3) is 0 Å². The number of nitrogens with one attached hydrogen (secondary N) is 1. The van der Waals surface area contributed by atoms with Gasteiger partial charge in [-0.05, 0) is 37.8 Å². The number of hydrogen-bond acceptors (Lipinski definition) is 5. The summed E-state index contributed by atoms with van der Waals surface area (Å²) in [5.74, 6) is 0.0431. The molecule has 3 rings (SSSR count). The van der Waals surface area contributed by atoms with E-state index in [2.05, 4.69) is 10.3 Å². The lowest BCUT2D eigenvalue weighted by atomic mass is 9.92. The van der Waals surface area contributed by atoms with E-state index in [-0.39, 0.29) is 36.8 Å². The van der Waals surface area contributed by atoms with Crippen LogP contribution in [0, 0.1) is 0 Å². The summed E-state index contributed by atoms with van der Waals surface area (Å²) in [7, 11) is 0. The second-order valence-corrected chi connectivity index (χ2v) is 8.18. The summed E-state index contributed by atoms with van der Waals surface area (Å²) in [6, 6.07) is 4.39. The van der Waals surface area contributed by atoms with E-state index in [9.17, 15) is 4.79 Å². The van der Waals surface area contributed by atoms with Crippen LogP contribution in [0.3, 0.4) is 0 Å². The fraction of sp³-hybridized carbons (Fsp3) is 0.467. The molecule has 1 amide bonds. The molecular weight excluding hydrogens is 409 g/mol. The van der Waals surface area contributed by atoms with Gasteiger partial charge in [-0.25, -0.2) is 4.98 Å². The summed E-state index contributed by atoms with van der Waals surface area (Å²) in [6.07, 6.45) is 4.26. The predicted molar refractivity (Wildman–Crippen MR) is 107 cm³/mol. The number of carbonyl (C=O) groups is 1. The largest absolute Gasteiger partial charge is 0.353 e. The molecule has 0 unspecified atom stereocenters. The van der Waals surface area contributed by atoms with Crippen molar-refractivity contribution in [2.75, 3.05) is 0 Å². The van der Waals surface area contributed by atoms with Gasteiger partial charge in [-0.15, -0.1) is 47.5 Å². The Morgan fingerprint density at radius 2 is 2.00 bits per heavy atom. The normalized spacial score (nSPS) is 19.9. The van der Waals surface area contributed by atoms with Crippen LogP contribution in [0.4, 0.5) is 0 Å². The second kappa shape index (κ2) is 9.94. The van der Waals surface area contributed by atoms with E-state index in [0.717, 1.165) is 45.6 Å². The maximum atomic E-state index is 12.1. The van der Waals surface area contributed by atoms with Crippen molar-refractivity contribution in [2.24, 2.45) is 5.73 Å². The highest BCUT2D eigenvalue weighted by Gasteiger charge is 2.20. The Hall–Kier alpha value is -0.370. The molecular formula is C15H20Cl3N3OS2. The molecule has 1 saturated carbocycles. The smallest absolute Gasteiger partial charge is 0.226 e. The third-order valence-electron chi connectivity index (χ3n) is 3.81. The van der Waals surface area contributed by atoms with E-state index in [1.165, 1.54) is 11.3 Å². The number of thiazole rings is 1. The molecule has 1 aliphatic rings. The maximum absolute atomic E-state index is 12.1. The van der Waals surface area contributed by atoms with Gasteiger partial charge >= 0.3 is 0 Å². The number of hydrogen-bond donors (Lipinski definition) is 2. The molecule has 9 heteroatoms. The lowest BCUT2D eigenvalue weighted by Gasteiger charge is -2.26. The third-order valence-corrected chi connectivity index (χ3v) is 6.11.